The van der Waals surface area contributed by atoms with E-state index in [-0.39, 0.29) is 0 Å². The summed E-state index contributed by atoms with van der Waals surface area (Å²) < 4.78 is 14.3. The summed E-state index contributed by atoms with van der Waals surface area (Å²) in [6.07, 6.45) is 3.40. The molecule has 3 aromatic carbocycles. The average Bonchev–Trinajstić information content (AvgIpc) is 2.68. The average molecular weight is 327 g/mol. The van der Waals surface area contributed by atoms with Crippen molar-refractivity contribution in [1.82, 2.24) is 0 Å². The van der Waals surface area contributed by atoms with E-state index in [1.165, 1.54) is 0 Å². The standard InChI is InChI=1S/C23H18FN/c24-23(22-4-2-1-3-5-22)16-20-12-8-18(9-13-20)6-7-19-10-14-21(17-25)15-11-19/h1-15,23H,16H2/t23-/m1/s1. The minimum atomic E-state index is -0.985. The summed E-state index contributed by atoms with van der Waals surface area (Å²) in [5, 5.41) is 8.80. The van der Waals surface area contributed by atoms with Gasteiger partial charge in [0, 0.05) is 6.42 Å². The molecule has 122 valence electrons. The molecule has 0 N–H and O–H groups in total. The van der Waals surface area contributed by atoms with Crippen LogP contribution in [0, 0.1) is 11.3 Å². The van der Waals surface area contributed by atoms with Crippen LogP contribution in [-0.2, 0) is 6.42 Å². The summed E-state index contributed by atoms with van der Waals surface area (Å²) in [5.41, 5.74) is 4.44. The van der Waals surface area contributed by atoms with Crippen LogP contribution in [0.1, 0.15) is 34.0 Å². The van der Waals surface area contributed by atoms with E-state index < -0.39 is 6.17 Å². The van der Waals surface area contributed by atoms with Crippen molar-refractivity contribution in [3.05, 3.63) is 107 Å². The maximum absolute atomic E-state index is 14.3. The Morgan fingerprint density at radius 3 is 1.92 bits per heavy atom. The first kappa shape index (κ1) is 16.7. The minimum absolute atomic E-state index is 0.379. The van der Waals surface area contributed by atoms with Crippen LogP contribution in [0.3, 0.4) is 0 Å². The third-order valence-corrected chi connectivity index (χ3v) is 4.06. The predicted octanol–water partition coefficient (Wildman–Crippen LogP) is 5.98. The smallest absolute Gasteiger partial charge is 0.129 e. The largest absolute Gasteiger partial charge is 0.242 e. The number of nitrogens with zero attached hydrogens (tertiary/aromatic N) is 1. The van der Waals surface area contributed by atoms with E-state index in [1.54, 1.807) is 12.1 Å². The molecule has 0 aliphatic heterocycles. The molecule has 0 fully saturated rings. The molecule has 0 aliphatic rings. The number of rotatable bonds is 5. The van der Waals surface area contributed by atoms with Gasteiger partial charge in [0.05, 0.1) is 11.6 Å². The first-order valence-corrected chi connectivity index (χ1v) is 8.21. The van der Waals surface area contributed by atoms with E-state index >= 15 is 0 Å². The molecular weight excluding hydrogens is 309 g/mol. The molecule has 2 heteroatoms. The van der Waals surface area contributed by atoms with Crippen LogP contribution in [0.25, 0.3) is 12.2 Å². The molecule has 0 saturated heterocycles. The molecule has 1 nitrogen and oxygen atoms in total. The van der Waals surface area contributed by atoms with E-state index in [2.05, 4.69) is 6.07 Å². The first-order chi connectivity index (χ1) is 12.2. The van der Waals surface area contributed by atoms with Crippen molar-refractivity contribution in [3.8, 4) is 6.07 Å². The van der Waals surface area contributed by atoms with Gasteiger partial charge in [0.15, 0.2) is 0 Å². The topological polar surface area (TPSA) is 23.8 Å². The number of halogens is 1. The molecule has 3 rings (SSSR count). The lowest BCUT2D eigenvalue weighted by molar-refractivity contribution is 0.342. The molecule has 3 aromatic rings. The van der Waals surface area contributed by atoms with E-state index in [4.69, 9.17) is 5.26 Å². The molecule has 0 aliphatic carbocycles. The highest BCUT2D eigenvalue weighted by Gasteiger charge is 2.09. The van der Waals surface area contributed by atoms with Crippen LogP contribution in [0.15, 0.2) is 78.9 Å². The van der Waals surface area contributed by atoms with Crippen LogP contribution in [0.4, 0.5) is 4.39 Å². The Kier molecular flexibility index (Phi) is 5.39. The van der Waals surface area contributed by atoms with Gasteiger partial charge in [0.2, 0.25) is 0 Å². The highest BCUT2D eigenvalue weighted by atomic mass is 19.1. The van der Waals surface area contributed by atoms with Crippen LogP contribution in [0.5, 0.6) is 0 Å². The molecule has 0 amide bonds. The zero-order chi connectivity index (χ0) is 17.5. The Hall–Kier alpha value is -3.18. The van der Waals surface area contributed by atoms with Crippen LogP contribution in [-0.4, -0.2) is 0 Å². The van der Waals surface area contributed by atoms with Gasteiger partial charge in [-0.2, -0.15) is 5.26 Å². The van der Waals surface area contributed by atoms with Crippen molar-refractivity contribution >= 4 is 12.2 Å². The molecule has 1 atom stereocenters. The van der Waals surface area contributed by atoms with Crippen LogP contribution >= 0.6 is 0 Å². The normalized spacial score (nSPS) is 12.0. The lowest BCUT2D eigenvalue weighted by Gasteiger charge is -2.08. The molecule has 0 aromatic heterocycles. The number of alkyl halides is 1. The van der Waals surface area contributed by atoms with E-state index in [1.807, 2.05) is 78.9 Å². The molecule has 0 spiro atoms. The van der Waals surface area contributed by atoms with E-state index in [0.29, 0.717) is 17.5 Å². The third kappa shape index (κ3) is 4.65. The fourth-order valence-electron chi connectivity index (χ4n) is 2.61. The maximum Gasteiger partial charge on any atom is 0.129 e. The first-order valence-electron chi connectivity index (χ1n) is 8.21. The van der Waals surface area contributed by atoms with Gasteiger partial charge in [0.25, 0.3) is 0 Å². The van der Waals surface area contributed by atoms with Crippen molar-refractivity contribution in [3.63, 3.8) is 0 Å². The lowest BCUT2D eigenvalue weighted by Crippen LogP contribution is -1.96. The zero-order valence-electron chi connectivity index (χ0n) is 13.8. The summed E-state index contributed by atoms with van der Waals surface area (Å²) in [6, 6.07) is 26.7. The summed E-state index contributed by atoms with van der Waals surface area (Å²) in [5.74, 6) is 0. The van der Waals surface area contributed by atoms with Gasteiger partial charge in [-0.05, 0) is 34.4 Å². The maximum atomic E-state index is 14.3. The summed E-state index contributed by atoms with van der Waals surface area (Å²) >= 11 is 0. The minimum Gasteiger partial charge on any atom is -0.242 e. The molecule has 0 bridgehead atoms. The summed E-state index contributed by atoms with van der Waals surface area (Å²) in [4.78, 5) is 0. The number of hydrogen-bond donors (Lipinski definition) is 0. The van der Waals surface area contributed by atoms with Crippen molar-refractivity contribution in [1.29, 1.82) is 5.26 Å². The van der Waals surface area contributed by atoms with Gasteiger partial charge in [0.1, 0.15) is 6.17 Å². The molecule has 0 saturated carbocycles. The summed E-state index contributed by atoms with van der Waals surface area (Å²) in [6.45, 7) is 0. The van der Waals surface area contributed by atoms with Crippen molar-refractivity contribution in [2.75, 3.05) is 0 Å². The number of nitriles is 1. The monoisotopic (exact) mass is 327 g/mol. The Morgan fingerprint density at radius 1 is 0.800 bits per heavy atom. The SMILES string of the molecule is N#Cc1ccc(C=Cc2ccc(C[C@@H](F)c3ccccc3)cc2)cc1. The van der Waals surface area contributed by atoms with Gasteiger partial charge in [-0.3, -0.25) is 0 Å². The Labute approximate surface area is 147 Å². The number of benzene rings is 3. The quantitative estimate of drug-likeness (QED) is 0.529. The van der Waals surface area contributed by atoms with Crippen LogP contribution in [0.2, 0.25) is 0 Å². The fourth-order valence-corrected chi connectivity index (χ4v) is 2.61. The van der Waals surface area contributed by atoms with Gasteiger partial charge < -0.3 is 0 Å². The van der Waals surface area contributed by atoms with Gasteiger partial charge in [-0.1, -0.05) is 78.9 Å². The summed E-state index contributed by atoms with van der Waals surface area (Å²) in [7, 11) is 0. The van der Waals surface area contributed by atoms with E-state index in [9.17, 15) is 4.39 Å². The van der Waals surface area contributed by atoms with Crippen molar-refractivity contribution in [2.24, 2.45) is 0 Å². The Bertz CT molecular complexity index is 872. The fraction of sp³-hybridized carbons (Fsp3) is 0.0870. The molecule has 25 heavy (non-hydrogen) atoms. The third-order valence-electron chi connectivity index (χ3n) is 4.06. The zero-order valence-corrected chi connectivity index (χ0v) is 13.8. The van der Waals surface area contributed by atoms with Gasteiger partial charge in [-0.15, -0.1) is 0 Å². The molecular formula is C23H18FN. The van der Waals surface area contributed by atoms with Crippen molar-refractivity contribution in [2.45, 2.75) is 12.6 Å². The molecule has 0 heterocycles. The number of hydrogen-bond acceptors (Lipinski definition) is 1. The second kappa shape index (κ2) is 8.08. The lowest BCUT2D eigenvalue weighted by atomic mass is 10.0. The van der Waals surface area contributed by atoms with Gasteiger partial charge >= 0.3 is 0 Å². The molecule has 0 radical (unpaired) electrons. The second-order valence-corrected chi connectivity index (χ2v) is 5.89. The molecule has 0 unspecified atom stereocenters. The van der Waals surface area contributed by atoms with Crippen molar-refractivity contribution < 1.29 is 4.39 Å². The predicted molar refractivity (Wildman–Crippen MR) is 101 cm³/mol. The second-order valence-electron chi connectivity index (χ2n) is 5.89. The highest BCUT2D eigenvalue weighted by molar-refractivity contribution is 5.69. The Balaban J connectivity index is 1.63. The highest BCUT2D eigenvalue weighted by Crippen LogP contribution is 2.22. The van der Waals surface area contributed by atoms with E-state index in [0.717, 1.165) is 16.7 Å². The van der Waals surface area contributed by atoms with Gasteiger partial charge in [-0.25, -0.2) is 4.39 Å². The Morgan fingerprint density at radius 2 is 1.36 bits per heavy atom. The van der Waals surface area contributed by atoms with Crippen LogP contribution < -0.4 is 0 Å².